The molecule has 0 aromatic heterocycles. The zero-order valence-corrected chi connectivity index (χ0v) is 13.2. The second kappa shape index (κ2) is 7.81. The van der Waals surface area contributed by atoms with Gasteiger partial charge in [0, 0.05) is 5.69 Å². The molecule has 0 saturated carbocycles. The van der Waals surface area contributed by atoms with Gasteiger partial charge in [0.1, 0.15) is 17.4 Å². The van der Waals surface area contributed by atoms with Crippen molar-refractivity contribution in [2.75, 3.05) is 12.4 Å². The normalized spacial score (nSPS) is 10.7. The topological polar surface area (TPSA) is 62.1 Å². The van der Waals surface area contributed by atoms with Gasteiger partial charge in [-0.25, -0.2) is 0 Å². The van der Waals surface area contributed by atoms with Crippen LogP contribution in [0.4, 0.5) is 5.69 Å². The van der Waals surface area contributed by atoms with E-state index in [2.05, 4.69) is 12.2 Å². The molecule has 2 aromatic carbocycles. The van der Waals surface area contributed by atoms with Crippen molar-refractivity contribution in [3.63, 3.8) is 0 Å². The van der Waals surface area contributed by atoms with Crippen LogP contribution < -0.4 is 10.1 Å². The summed E-state index contributed by atoms with van der Waals surface area (Å²) in [6.45, 7) is 2.08. The zero-order valence-electron chi connectivity index (χ0n) is 13.2. The standard InChI is InChI=1S/C19H18N2O2/c1-3-14-4-6-15(7-5-14)12-16(13-20)19(22)21-17-8-10-18(23-2)11-9-17/h4-12H,3H2,1-2H3,(H,21,22)/b16-12+. The van der Waals surface area contributed by atoms with Crippen LogP contribution in [0.25, 0.3) is 6.08 Å². The van der Waals surface area contributed by atoms with E-state index in [1.165, 1.54) is 5.56 Å². The molecule has 116 valence electrons. The van der Waals surface area contributed by atoms with E-state index in [1.54, 1.807) is 37.5 Å². The van der Waals surface area contributed by atoms with E-state index < -0.39 is 5.91 Å². The average molecular weight is 306 g/mol. The largest absolute Gasteiger partial charge is 0.497 e. The Kier molecular flexibility index (Phi) is 5.54. The Morgan fingerprint density at radius 2 is 1.83 bits per heavy atom. The maximum absolute atomic E-state index is 12.2. The number of aryl methyl sites for hydroxylation is 1. The number of hydrogen-bond donors (Lipinski definition) is 1. The second-order valence-corrected chi connectivity index (χ2v) is 4.95. The van der Waals surface area contributed by atoms with Crippen molar-refractivity contribution < 1.29 is 9.53 Å². The first-order valence-corrected chi connectivity index (χ1v) is 7.32. The Labute approximate surface area is 136 Å². The Morgan fingerprint density at radius 3 is 2.35 bits per heavy atom. The van der Waals surface area contributed by atoms with Crippen molar-refractivity contribution in [1.82, 2.24) is 0 Å². The Hall–Kier alpha value is -3.06. The lowest BCUT2D eigenvalue weighted by atomic mass is 10.1. The van der Waals surface area contributed by atoms with Gasteiger partial charge in [-0.15, -0.1) is 0 Å². The SMILES string of the molecule is CCc1ccc(/C=C(\C#N)C(=O)Nc2ccc(OC)cc2)cc1. The van der Waals surface area contributed by atoms with Crippen molar-refractivity contribution in [3.05, 3.63) is 65.2 Å². The van der Waals surface area contributed by atoms with Crippen LogP contribution in [-0.4, -0.2) is 13.0 Å². The number of nitrogens with one attached hydrogen (secondary N) is 1. The monoisotopic (exact) mass is 306 g/mol. The Bertz CT molecular complexity index is 738. The van der Waals surface area contributed by atoms with Gasteiger partial charge < -0.3 is 10.1 Å². The van der Waals surface area contributed by atoms with Gasteiger partial charge in [-0.05, 0) is 47.9 Å². The van der Waals surface area contributed by atoms with Gasteiger partial charge in [0.15, 0.2) is 0 Å². The summed E-state index contributed by atoms with van der Waals surface area (Å²) in [6, 6.07) is 16.7. The van der Waals surface area contributed by atoms with Gasteiger partial charge in [0.05, 0.1) is 7.11 Å². The van der Waals surface area contributed by atoms with E-state index in [4.69, 9.17) is 4.74 Å². The first-order chi connectivity index (χ1) is 11.2. The maximum atomic E-state index is 12.2. The van der Waals surface area contributed by atoms with E-state index in [-0.39, 0.29) is 5.57 Å². The molecule has 0 saturated heterocycles. The molecule has 0 spiro atoms. The molecule has 0 radical (unpaired) electrons. The third kappa shape index (κ3) is 4.45. The van der Waals surface area contributed by atoms with Crippen LogP contribution >= 0.6 is 0 Å². The van der Waals surface area contributed by atoms with Crippen LogP contribution in [0.2, 0.25) is 0 Å². The summed E-state index contributed by atoms with van der Waals surface area (Å²) in [7, 11) is 1.58. The first-order valence-electron chi connectivity index (χ1n) is 7.32. The molecule has 23 heavy (non-hydrogen) atoms. The minimum atomic E-state index is -0.433. The number of nitriles is 1. The molecule has 0 heterocycles. The minimum absolute atomic E-state index is 0.0602. The Balaban J connectivity index is 2.13. The molecule has 0 atom stereocenters. The van der Waals surface area contributed by atoms with Gasteiger partial charge in [-0.3, -0.25) is 4.79 Å². The van der Waals surface area contributed by atoms with Crippen LogP contribution in [0, 0.1) is 11.3 Å². The second-order valence-electron chi connectivity index (χ2n) is 4.95. The fourth-order valence-electron chi connectivity index (χ4n) is 2.04. The molecule has 0 fully saturated rings. The highest BCUT2D eigenvalue weighted by molar-refractivity contribution is 6.09. The fraction of sp³-hybridized carbons (Fsp3) is 0.158. The van der Waals surface area contributed by atoms with Crippen LogP contribution in [0.3, 0.4) is 0 Å². The lowest BCUT2D eigenvalue weighted by Gasteiger charge is -2.05. The predicted molar refractivity (Wildman–Crippen MR) is 91.0 cm³/mol. The van der Waals surface area contributed by atoms with E-state index in [0.29, 0.717) is 11.4 Å². The quantitative estimate of drug-likeness (QED) is 0.675. The summed E-state index contributed by atoms with van der Waals surface area (Å²) < 4.78 is 5.06. The molecule has 4 nitrogen and oxygen atoms in total. The molecule has 2 aromatic rings. The molecule has 2 rings (SSSR count). The summed E-state index contributed by atoms with van der Waals surface area (Å²) in [6.07, 6.45) is 2.53. The molecule has 0 aliphatic heterocycles. The van der Waals surface area contributed by atoms with Gasteiger partial charge in [0.2, 0.25) is 0 Å². The average Bonchev–Trinajstić information content (AvgIpc) is 2.60. The fourth-order valence-corrected chi connectivity index (χ4v) is 2.04. The highest BCUT2D eigenvalue weighted by Crippen LogP contribution is 2.16. The van der Waals surface area contributed by atoms with Crippen molar-refractivity contribution in [3.8, 4) is 11.8 Å². The maximum Gasteiger partial charge on any atom is 0.266 e. The number of carbonyl (C=O) groups excluding carboxylic acids is 1. The number of anilines is 1. The highest BCUT2D eigenvalue weighted by atomic mass is 16.5. The van der Waals surface area contributed by atoms with E-state index in [0.717, 1.165) is 12.0 Å². The van der Waals surface area contributed by atoms with Crippen LogP contribution in [0.1, 0.15) is 18.1 Å². The number of carbonyl (C=O) groups is 1. The molecule has 0 unspecified atom stereocenters. The van der Waals surface area contributed by atoms with Crippen LogP contribution in [0.5, 0.6) is 5.75 Å². The number of benzene rings is 2. The first kappa shape index (κ1) is 16.3. The van der Waals surface area contributed by atoms with Crippen molar-refractivity contribution >= 4 is 17.7 Å². The number of amides is 1. The predicted octanol–water partition coefficient (Wildman–Crippen LogP) is 3.80. The third-order valence-electron chi connectivity index (χ3n) is 3.41. The van der Waals surface area contributed by atoms with E-state index in [1.807, 2.05) is 30.3 Å². The zero-order chi connectivity index (χ0) is 16.7. The summed E-state index contributed by atoms with van der Waals surface area (Å²) in [5, 5.41) is 11.9. The molecule has 0 aliphatic carbocycles. The smallest absolute Gasteiger partial charge is 0.266 e. The molecular formula is C19H18N2O2. The lowest BCUT2D eigenvalue weighted by Crippen LogP contribution is -2.13. The summed E-state index contributed by atoms with van der Waals surface area (Å²) in [4.78, 5) is 12.2. The molecule has 1 amide bonds. The van der Waals surface area contributed by atoms with Crippen molar-refractivity contribution in [2.45, 2.75) is 13.3 Å². The number of nitrogens with zero attached hydrogens (tertiary/aromatic N) is 1. The third-order valence-corrected chi connectivity index (χ3v) is 3.41. The van der Waals surface area contributed by atoms with Gasteiger partial charge >= 0.3 is 0 Å². The molecule has 4 heteroatoms. The summed E-state index contributed by atoms with van der Waals surface area (Å²) in [5.41, 5.74) is 2.70. The van der Waals surface area contributed by atoms with Crippen molar-refractivity contribution in [1.29, 1.82) is 5.26 Å². The molecule has 0 aliphatic rings. The lowest BCUT2D eigenvalue weighted by molar-refractivity contribution is -0.112. The molecular weight excluding hydrogens is 288 g/mol. The van der Waals surface area contributed by atoms with Crippen molar-refractivity contribution in [2.24, 2.45) is 0 Å². The number of methoxy groups -OCH3 is 1. The summed E-state index contributed by atoms with van der Waals surface area (Å²) >= 11 is 0. The van der Waals surface area contributed by atoms with Crippen LogP contribution in [0.15, 0.2) is 54.1 Å². The summed E-state index contributed by atoms with van der Waals surface area (Å²) in [5.74, 6) is 0.271. The number of ether oxygens (including phenoxy) is 1. The van der Waals surface area contributed by atoms with Gasteiger partial charge in [-0.2, -0.15) is 5.26 Å². The molecule has 0 bridgehead atoms. The van der Waals surface area contributed by atoms with E-state index in [9.17, 15) is 10.1 Å². The van der Waals surface area contributed by atoms with Gasteiger partial charge in [-0.1, -0.05) is 31.2 Å². The highest BCUT2D eigenvalue weighted by Gasteiger charge is 2.09. The minimum Gasteiger partial charge on any atom is -0.497 e. The number of hydrogen-bond acceptors (Lipinski definition) is 3. The Morgan fingerprint density at radius 1 is 1.17 bits per heavy atom. The van der Waals surface area contributed by atoms with Gasteiger partial charge in [0.25, 0.3) is 5.91 Å². The number of rotatable bonds is 5. The van der Waals surface area contributed by atoms with Crippen LogP contribution in [-0.2, 0) is 11.2 Å². The van der Waals surface area contributed by atoms with E-state index >= 15 is 0 Å². The molecule has 1 N–H and O–H groups in total.